The minimum atomic E-state index is -0.748. The van der Waals surface area contributed by atoms with E-state index < -0.39 is 52.0 Å². The summed E-state index contributed by atoms with van der Waals surface area (Å²) in [5, 5.41) is 18.9. The van der Waals surface area contributed by atoms with Crippen LogP contribution in [0, 0.1) is 20.8 Å². The van der Waals surface area contributed by atoms with Crippen LogP contribution in [-0.4, -0.2) is 52.0 Å². The topological polar surface area (TPSA) is 226 Å². The number of hydrogen-bond donors (Lipinski definition) is 6. The number of benzene rings is 12. The second-order valence-corrected chi connectivity index (χ2v) is 29.7. The normalized spacial score (nSPS) is 18.2. The average molecular weight is 1570 g/mol. The van der Waals surface area contributed by atoms with E-state index >= 15 is 0 Å². The predicted molar refractivity (Wildman–Crippen MR) is 479 cm³/mol. The molecule has 0 spiro atoms. The zero-order valence-electron chi connectivity index (χ0n) is 66.4. The van der Waals surface area contributed by atoms with Gasteiger partial charge in [-0.05, 0) is 269 Å². The Bertz CT molecular complexity index is 5650. The molecule has 0 atom stereocenters. The standard InChI is InChI=1S/C105H78N6O9/c1-7-88-97(112)91-55-106-82-34-22-67(23-35-82)76-46-73(64-16-10-61(4)11-17-64)48-78(52-76)69-26-38-84(39-27-69)108-57-93-99(114)89(8-2)101(116)95(104(93)119)59-110-86-42-30-71(31-43-86)80-50-75(66-20-14-63(6)15-21-66)51-81(54-80)72-32-44-87(45-33-72)111-60-96-102(117)90(9-3)100(115)94(105(96)120)58-109-85-40-28-70(29-41-85)79-49-74(65-18-12-62(5)13-19-65)47-77(53-79)68-24-36-83(37-25-68)107-56-92(98(88)113)103(91)118/h7-60,106-111H,1-6H3/b88-7-,89-8+,90-9-,91-55+,92-56-,93-57-,94-58+,95-59+,96-60-. The number of carbonyl (C=O) groups excluding carboxylic acids is 9. The quantitative estimate of drug-likeness (QED) is 0.0714. The highest BCUT2D eigenvalue weighted by atomic mass is 16.2. The molecule has 0 aromatic heterocycles. The molecule has 12 aromatic carbocycles. The molecule has 6 N–H and O–H groups in total. The molecule has 12 aromatic rings. The highest BCUT2D eigenvalue weighted by Gasteiger charge is 2.41. The molecule has 0 radical (unpaired) electrons. The monoisotopic (exact) mass is 1570 g/mol. The van der Waals surface area contributed by atoms with E-state index in [4.69, 9.17) is 0 Å². The molecule has 0 saturated heterocycles. The largest absolute Gasteiger partial charge is 0.361 e. The lowest BCUT2D eigenvalue weighted by Crippen LogP contribution is -2.32. The first kappa shape index (κ1) is 78.0. The molecule has 15 heteroatoms. The number of rotatable bonds is 3. The van der Waals surface area contributed by atoms with E-state index in [9.17, 15) is 43.2 Å². The Labute approximate surface area is 694 Å². The number of nitrogens with one attached hydrogen (secondary N) is 6. The molecule has 13 aliphatic rings. The Hall–Kier alpha value is -15.9. The lowest BCUT2D eigenvalue weighted by Gasteiger charge is -2.18. The molecule has 3 aliphatic carbocycles. The van der Waals surface area contributed by atoms with Crippen molar-refractivity contribution < 1.29 is 43.2 Å². The summed E-state index contributed by atoms with van der Waals surface area (Å²) >= 11 is 0. The van der Waals surface area contributed by atoms with Crippen molar-refractivity contribution in [2.45, 2.75) is 41.5 Å². The minimum absolute atomic E-state index is 0.142. The summed E-state index contributed by atoms with van der Waals surface area (Å²) < 4.78 is 0. The van der Waals surface area contributed by atoms with Crippen molar-refractivity contribution in [3.05, 3.63) is 395 Å². The Morgan fingerprint density at radius 3 is 0.417 bits per heavy atom. The van der Waals surface area contributed by atoms with Crippen LogP contribution in [0.15, 0.2) is 379 Å². The van der Waals surface area contributed by atoms with Crippen molar-refractivity contribution in [3.63, 3.8) is 0 Å². The second kappa shape index (κ2) is 33.5. The van der Waals surface area contributed by atoms with E-state index in [2.05, 4.69) is 159 Å². The zero-order valence-corrected chi connectivity index (χ0v) is 66.4. The summed E-state index contributed by atoms with van der Waals surface area (Å²) in [5.41, 5.74) is 21.6. The van der Waals surface area contributed by atoms with Gasteiger partial charge in [0.1, 0.15) is 0 Å². The highest BCUT2D eigenvalue weighted by Crippen LogP contribution is 2.40. The lowest BCUT2D eigenvalue weighted by molar-refractivity contribution is -0.126. The SMILES string of the molecule is C/C=C1\C(=O)/C2=C/Nc3ccc(cc3)-c3cc(-c4ccc(C)cc4)cc(c3)-c3ccc(cc3)N/C=C3\C(=O)/C(=C/C)C(=O)/C(=C/Nc4ccc(cc4)-c4cc(-c5ccc(C)cc5)cc(c4)-c4ccc(cc4)N/C=C4\C(=O)/C(=C/C)C(=O)/C(=C/Nc5ccc(cc5)-c5cc(-c6ccc(C)cc6)cc(c5)-c5ccc(cc5)N/C=C(\C1=O)C2=O)C4=O)C3=O. The van der Waals surface area contributed by atoms with Crippen molar-refractivity contribution in [2.24, 2.45) is 0 Å². The third-order valence-electron chi connectivity index (χ3n) is 21.8. The molecule has 10 aliphatic heterocycles. The molecule has 24 bridgehead atoms. The number of allylic oxidation sites excluding steroid dienone is 12. The van der Waals surface area contributed by atoms with E-state index in [-0.39, 0.29) is 50.2 Å². The fourth-order valence-corrected chi connectivity index (χ4v) is 14.9. The maximum absolute atomic E-state index is 14.3. The van der Waals surface area contributed by atoms with Gasteiger partial charge in [0.2, 0.25) is 52.0 Å². The number of Topliss-reactive ketones (excluding diaryl/α,β-unsaturated/α-hetero) is 9. The first-order valence-corrected chi connectivity index (χ1v) is 39.2. The molecule has 3 fully saturated rings. The summed E-state index contributed by atoms with van der Waals surface area (Å²) in [6, 6.07) is 89.1. The van der Waals surface area contributed by atoms with E-state index in [0.29, 0.717) is 34.1 Å². The van der Waals surface area contributed by atoms with Gasteiger partial charge in [0, 0.05) is 71.3 Å². The van der Waals surface area contributed by atoms with Gasteiger partial charge in [0.15, 0.2) is 0 Å². The Morgan fingerprint density at radius 1 is 0.167 bits per heavy atom. The second-order valence-electron chi connectivity index (χ2n) is 29.7. The molecule has 25 rings (SSSR count). The summed E-state index contributed by atoms with van der Waals surface area (Å²) in [6.07, 6.45) is 12.3. The fourth-order valence-electron chi connectivity index (χ4n) is 14.9. The Morgan fingerprint density at radius 2 is 0.292 bits per heavy atom. The van der Waals surface area contributed by atoms with Gasteiger partial charge >= 0.3 is 0 Å². The van der Waals surface area contributed by atoms with Crippen LogP contribution in [0.4, 0.5) is 34.1 Å². The van der Waals surface area contributed by atoms with Gasteiger partial charge in [-0.25, -0.2) is 0 Å². The number of aryl methyl sites for hydroxylation is 3. The first-order chi connectivity index (χ1) is 58.2. The van der Waals surface area contributed by atoms with Crippen molar-refractivity contribution in [3.8, 4) is 100 Å². The van der Waals surface area contributed by atoms with Gasteiger partial charge < -0.3 is 31.9 Å². The van der Waals surface area contributed by atoms with Crippen LogP contribution in [-0.2, 0) is 43.2 Å². The van der Waals surface area contributed by atoms with Gasteiger partial charge in [-0.15, -0.1) is 0 Å². The van der Waals surface area contributed by atoms with Crippen LogP contribution in [0.1, 0.15) is 37.5 Å². The maximum atomic E-state index is 14.3. The van der Waals surface area contributed by atoms with Crippen molar-refractivity contribution >= 4 is 86.2 Å². The van der Waals surface area contributed by atoms with Crippen LogP contribution in [0.2, 0.25) is 0 Å². The van der Waals surface area contributed by atoms with E-state index in [1.54, 1.807) is 20.8 Å². The van der Waals surface area contributed by atoms with Gasteiger partial charge in [0.05, 0.1) is 50.2 Å². The summed E-state index contributed by atoms with van der Waals surface area (Å²) in [6.45, 7) is 10.9. The van der Waals surface area contributed by atoms with E-state index in [1.165, 1.54) is 55.4 Å². The number of ketones is 9. The van der Waals surface area contributed by atoms with Crippen LogP contribution in [0.25, 0.3) is 100 Å². The highest BCUT2D eigenvalue weighted by molar-refractivity contribution is 6.53. The number of anilines is 6. The third-order valence-corrected chi connectivity index (χ3v) is 21.8. The molecular weight excluding hydrogens is 1490 g/mol. The third kappa shape index (κ3) is 16.2. The molecular formula is C105H78N6O9. The number of carbonyl (C=O) groups is 9. The molecule has 582 valence electrons. The van der Waals surface area contributed by atoms with E-state index in [1.807, 2.05) is 166 Å². The van der Waals surface area contributed by atoms with Gasteiger partial charge in [0.25, 0.3) is 0 Å². The molecule has 0 amide bonds. The fraction of sp³-hybridized carbons (Fsp3) is 0.0571. The van der Waals surface area contributed by atoms with E-state index in [0.717, 1.165) is 117 Å². The molecule has 10 heterocycles. The Kier molecular flexibility index (Phi) is 21.8. The van der Waals surface area contributed by atoms with Crippen LogP contribution < -0.4 is 31.9 Å². The van der Waals surface area contributed by atoms with Gasteiger partial charge in [-0.3, -0.25) is 43.2 Å². The average Bonchev–Trinajstić information content (AvgIpc) is 0.785. The predicted octanol–water partition coefficient (Wildman–Crippen LogP) is 21.8. The van der Waals surface area contributed by atoms with Crippen molar-refractivity contribution in [1.82, 2.24) is 0 Å². The minimum Gasteiger partial charge on any atom is -0.361 e. The van der Waals surface area contributed by atoms with Crippen LogP contribution in [0.3, 0.4) is 0 Å². The Balaban J connectivity index is 0.736. The molecule has 15 nitrogen and oxygen atoms in total. The molecule has 0 unspecified atom stereocenters. The van der Waals surface area contributed by atoms with Gasteiger partial charge in [-0.2, -0.15) is 0 Å². The smallest absolute Gasteiger partial charge is 0.203 e. The number of hydrogen-bond acceptors (Lipinski definition) is 15. The zero-order chi connectivity index (χ0) is 83.4. The van der Waals surface area contributed by atoms with Crippen LogP contribution in [0.5, 0.6) is 0 Å². The lowest BCUT2D eigenvalue weighted by atomic mass is 9.83. The molecule has 120 heavy (non-hydrogen) atoms. The summed E-state index contributed by atoms with van der Waals surface area (Å²) in [4.78, 5) is 127. The molecule has 3 saturated carbocycles. The van der Waals surface area contributed by atoms with Gasteiger partial charge in [-0.1, -0.05) is 181 Å². The maximum Gasteiger partial charge on any atom is 0.203 e. The van der Waals surface area contributed by atoms with Crippen molar-refractivity contribution in [1.29, 1.82) is 0 Å². The van der Waals surface area contributed by atoms with Crippen molar-refractivity contribution in [2.75, 3.05) is 31.9 Å². The summed E-state index contributed by atoms with van der Waals surface area (Å²) in [7, 11) is 0. The van der Waals surface area contributed by atoms with Crippen LogP contribution >= 0.6 is 0 Å². The first-order valence-electron chi connectivity index (χ1n) is 39.2. The summed E-state index contributed by atoms with van der Waals surface area (Å²) in [5.74, 6) is -6.46.